The quantitative estimate of drug-likeness (QED) is 0.861. The Morgan fingerprint density at radius 3 is 2.82 bits per heavy atom. The Labute approximate surface area is 105 Å². The van der Waals surface area contributed by atoms with Gasteiger partial charge in [0, 0.05) is 0 Å². The van der Waals surface area contributed by atoms with Crippen molar-refractivity contribution in [2.24, 2.45) is 5.73 Å². The Morgan fingerprint density at radius 2 is 2.24 bits per heavy atom. The number of nitrogen functional groups attached to an aromatic ring is 1. The van der Waals surface area contributed by atoms with Crippen molar-refractivity contribution >= 4 is 34.7 Å². The van der Waals surface area contributed by atoms with Crippen LogP contribution in [-0.2, 0) is 0 Å². The summed E-state index contributed by atoms with van der Waals surface area (Å²) in [6, 6.07) is 1.55. The number of carbonyl (C=O) groups is 1. The highest BCUT2D eigenvalue weighted by Gasteiger charge is 2.10. The summed E-state index contributed by atoms with van der Waals surface area (Å²) >= 11 is 2.77. The van der Waals surface area contributed by atoms with Gasteiger partial charge in [0.05, 0.1) is 17.4 Å². The molecule has 0 aliphatic heterocycles. The summed E-state index contributed by atoms with van der Waals surface area (Å²) in [4.78, 5) is 15.2. The molecule has 0 radical (unpaired) electrons. The summed E-state index contributed by atoms with van der Waals surface area (Å²) in [6.07, 6.45) is 1.41. The molecule has 0 saturated heterocycles. The van der Waals surface area contributed by atoms with Crippen molar-refractivity contribution in [3.8, 4) is 0 Å². The number of carbonyl (C=O) groups excluding carboxylic acids is 1. The van der Waals surface area contributed by atoms with E-state index < -0.39 is 5.91 Å². The second-order valence-corrected chi connectivity index (χ2v) is 5.61. The van der Waals surface area contributed by atoms with Crippen LogP contribution in [0, 0.1) is 6.92 Å². The number of hydrogen-bond acceptors (Lipinski definition) is 7. The largest absolute Gasteiger partial charge is 0.397 e. The molecule has 8 heteroatoms. The van der Waals surface area contributed by atoms with Gasteiger partial charge >= 0.3 is 0 Å². The minimum atomic E-state index is -0.569. The van der Waals surface area contributed by atoms with E-state index in [1.165, 1.54) is 29.3 Å². The van der Waals surface area contributed by atoms with Gasteiger partial charge < -0.3 is 11.5 Å². The van der Waals surface area contributed by atoms with Crippen LogP contribution < -0.4 is 11.5 Å². The monoisotopic (exact) mass is 267 g/mol. The van der Waals surface area contributed by atoms with Crippen LogP contribution in [0.5, 0.6) is 0 Å². The molecule has 2 rings (SSSR count). The van der Waals surface area contributed by atoms with Crippen LogP contribution in [0.3, 0.4) is 0 Å². The summed E-state index contributed by atoms with van der Waals surface area (Å²) in [6.45, 7) is 1.87. The van der Waals surface area contributed by atoms with E-state index in [1.807, 2.05) is 6.92 Å². The van der Waals surface area contributed by atoms with Gasteiger partial charge in [0.25, 0.3) is 5.91 Å². The van der Waals surface area contributed by atoms with Crippen molar-refractivity contribution in [3.05, 3.63) is 22.8 Å². The van der Waals surface area contributed by atoms with Crippen molar-refractivity contribution in [1.29, 1.82) is 0 Å². The molecule has 0 aliphatic carbocycles. The molecule has 2 aromatic rings. The normalized spacial score (nSPS) is 10.4. The Balaban J connectivity index is 2.28. The molecule has 4 N–H and O–H groups in total. The van der Waals surface area contributed by atoms with Crippen LogP contribution in [0.15, 0.2) is 21.6 Å². The number of hydrogen-bond donors (Lipinski definition) is 2. The van der Waals surface area contributed by atoms with Gasteiger partial charge in [-0.05, 0) is 24.8 Å². The van der Waals surface area contributed by atoms with Gasteiger partial charge in [0.2, 0.25) is 0 Å². The first kappa shape index (κ1) is 11.8. The van der Waals surface area contributed by atoms with Crippen molar-refractivity contribution in [1.82, 2.24) is 15.2 Å². The van der Waals surface area contributed by atoms with Crippen molar-refractivity contribution < 1.29 is 4.79 Å². The Kier molecular flexibility index (Phi) is 3.25. The topological polar surface area (TPSA) is 108 Å². The summed E-state index contributed by atoms with van der Waals surface area (Å²) in [5, 5.41) is 9.33. The van der Waals surface area contributed by atoms with E-state index in [0.717, 1.165) is 9.35 Å². The third-order valence-corrected chi connectivity index (χ3v) is 3.70. The minimum absolute atomic E-state index is 0.267. The van der Waals surface area contributed by atoms with E-state index in [-0.39, 0.29) is 11.3 Å². The zero-order chi connectivity index (χ0) is 12.4. The first-order valence-electron chi connectivity index (χ1n) is 4.59. The van der Waals surface area contributed by atoms with E-state index in [0.29, 0.717) is 5.03 Å². The fourth-order valence-electron chi connectivity index (χ4n) is 1.13. The molecule has 88 valence electrons. The Morgan fingerprint density at radius 1 is 1.47 bits per heavy atom. The number of primary amides is 1. The van der Waals surface area contributed by atoms with E-state index in [9.17, 15) is 4.79 Å². The SMILES string of the molecule is Cc1nnc(Sc2cc(C(N)=O)c(N)cn2)s1. The summed E-state index contributed by atoms with van der Waals surface area (Å²) < 4.78 is 0.759. The fraction of sp³-hybridized carbons (Fsp3) is 0.111. The molecule has 1 amide bonds. The lowest BCUT2D eigenvalue weighted by Gasteiger charge is -2.02. The molecule has 0 fully saturated rings. The zero-order valence-electron chi connectivity index (χ0n) is 8.88. The molecule has 0 aromatic carbocycles. The Bertz CT molecular complexity index is 568. The highest BCUT2D eigenvalue weighted by atomic mass is 32.2. The molecule has 0 unspecified atom stereocenters. The maximum atomic E-state index is 11.1. The van der Waals surface area contributed by atoms with Gasteiger partial charge in [-0.1, -0.05) is 11.3 Å². The smallest absolute Gasteiger partial charge is 0.250 e. The van der Waals surface area contributed by atoms with Crippen molar-refractivity contribution in [2.45, 2.75) is 16.3 Å². The number of anilines is 1. The number of pyridine rings is 1. The van der Waals surface area contributed by atoms with Gasteiger partial charge in [-0.15, -0.1) is 10.2 Å². The molecular formula is C9H9N5OS2. The molecule has 2 heterocycles. The highest BCUT2D eigenvalue weighted by molar-refractivity contribution is 8.01. The van der Waals surface area contributed by atoms with Crippen LogP contribution in [0.2, 0.25) is 0 Å². The van der Waals surface area contributed by atoms with Crippen molar-refractivity contribution in [3.63, 3.8) is 0 Å². The van der Waals surface area contributed by atoms with Gasteiger partial charge in [0.1, 0.15) is 10.0 Å². The second kappa shape index (κ2) is 4.68. The fourth-order valence-corrected chi connectivity index (χ4v) is 2.87. The number of nitrogens with zero attached hydrogens (tertiary/aromatic N) is 3. The highest BCUT2D eigenvalue weighted by Crippen LogP contribution is 2.29. The van der Waals surface area contributed by atoms with Crippen LogP contribution in [-0.4, -0.2) is 21.1 Å². The average Bonchev–Trinajstić information content (AvgIpc) is 2.66. The van der Waals surface area contributed by atoms with Crippen molar-refractivity contribution in [2.75, 3.05) is 5.73 Å². The summed E-state index contributed by atoms with van der Waals surface area (Å²) in [5.41, 5.74) is 11.3. The van der Waals surface area contributed by atoms with E-state index in [2.05, 4.69) is 15.2 Å². The molecular weight excluding hydrogens is 258 g/mol. The average molecular weight is 267 g/mol. The molecule has 17 heavy (non-hydrogen) atoms. The van der Waals surface area contributed by atoms with E-state index >= 15 is 0 Å². The van der Waals surface area contributed by atoms with E-state index in [4.69, 9.17) is 11.5 Å². The van der Waals surface area contributed by atoms with Gasteiger partial charge in [-0.3, -0.25) is 4.79 Å². The van der Waals surface area contributed by atoms with Gasteiger partial charge in [0.15, 0.2) is 4.34 Å². The molecule has 0 spiro atoms. The molecule has 0 aliphatic rings. The lowest BCUT2D eigenvalue weighted by atomic mass is 10.2. The predicted octanol–water partition coefficient (Wildman–Crippen LogP) is 1.07. The number of aromatic nitrogens is 3. The molecule has 0 bridgehead atoms. The minimum Gasteiger partial charge on any atom is -0.397 e. The van der Waals surface area contributed by atoms with Crippen LogP contribution in [0.4, 0.5) is 5.69 Å². The van der Waals surface area contributed by atoms with Crippen LogP contribution >= 0.6 is 23.1 Å². The number of amides is 1. The first-order chi connectivity index (χ1) is 8.06. The molecule has 0 saturated carbocycles. The lowest BCUT2D eigenvalue weighted by molar-refractivity contribution is 0.100. The van der Waals surface area contributed by atoms with E-state index in [1.54, 1.807) is 6.07 Å². The van der Waals surface area contributed by atoms with Gasteiger partial charge in [-0.2, -0.15) is 0 Å². The first-order valence-corrected chi connectivity index (χ1v) is 6.23. The van der Waals surface area contributed by atoms with Crippen LogP contribution in [0.25, 0.3) is 0 Å². The number of nitrogens with two attached hydrogens (primary N) is 2. The standard InChI is InChI=1S/C9H9N5OS2/c1-4-13-14-9(16-4)17-7-2-5(8(11)15)6(10)3-12-7/h2-3H,10H2,1H3,(H2,11,15). The summed E-state index contributed by atoms with van der Waals surface area (Å²) in [7, 11) is 0. The van der Waals surface area contributed by atoms with Gasteiger partial charge in [-0.25, -0.2) is 4.98 Å². The number of aryl methyl sites for hydroxylation is 1. The lowest BCUT2D eigenvalue weighted by Crippen LogP contribution is -2.13. The molecule has 0 atom stereocenters. The third kappa shape index (κ3) is 2.71. The molecule has 6 nitrogen and oxygen atoms in total. The summed E-state index contributed by atoms with van der Waals surface area (Å²) in [5.74, 6) is -0.569. The Hall–Kier alpha value is -1.67. The zero-order valence-corrected chi connectivity index (χ0v) is 10.5. The van der Waals surface area contributed by atoms with Crippen LogP contribution in [0.1, 0.15) is 15.4 Å². The number of rotatable bonds is 3. The maximum Gasteiger partial charge on any atom is 0.250 e. The second-order valence-electron chi connectivity index (χ2n) is 3.16. The third-order valence-electron chi connectivity index (χ3n) is 1.87. The molecule has 2 aromatic heterocycles. The maximum absolute atomic E-state index is 11.1. The predicted molar refractivity (Wildman–Crippen MR) is 65.9 cm³/mol.